The molecule has 0 aliphatic carbocycles. The fourth-order valence-corrected chi connectivity index (χ4v) is 2.47. The van der Waals surface area contributed by atoms with Crippen LogP contribution in [0.4, 0.5) is 0 Å². The lowest BCUT2D eigenvalue weighted by Gasteiger charge is -2.26. The van der Waals surface area contributed by atoms with E-state index in [4.69, 9.17) is 9.47 Å². The predicted molar refractivity (Wildman–Crippen MR) is 75.9 cm³/mol. The van der Waals surface area contributed by atoms with Crippen LogP contribution in [0.3, 0.4) is 0 Å². The van der Waals surface area contributed by atoms with E-state index in [0.717, 1.165) is 16.3 Å². The van der Waals surface area contributed by atoms with Gasteiger partial charge in [0.25, 0.3) is 0 Å². The molecule has 0 aliphatic heterocycles. The summed E-state index contributed by atoms with van der Waals surface area (Å²) in [6.07, 6.45) is -1.05. The molecular formula is C16H20O3. The maximum absolute atomic E-state index is 10.6. The van der Waals surface area contributed by atoms with Gasteiger partial charge in [-0.05, 0) is 16.3 Å². The molecule has 2 aromatic rings. The number of rotatable bonds is 5. The second-order valence-electron chi connectivity index (χ2n) is 4.71. The van der Waals surface area contributed by atoms with Crippen LogP contribution in [0.2, 0.25) is 0 Å². The van der Waals surface area contributed by atoms with E-state index in [9.17, 15) is 5.11 Å². The summed E-state index contributed by atoms with van der Waals surface area (Å²) in [6.45, 7) is 1.92. The summed E-state index contributed by atoms with van der Waals surface area (Å²) in [4.78, 5) is 0. The van der Waals surface area contributed by atoms with Crippen molar-refractivity contribution in [3.8, 4) is 0 Å². The standard InChI is InChI=1S/C16H20O3/c1-11(16(18-2)19-3)15(17)14-10-6-8-12-7-4-5-9-13(12)14/h4-11,15-17H,1-3H3/t11-,15+/m1/s1. The van der Waals surface area contributed by atoms with Gasteiger partial charge in [0.1, 0.15) is 0 Å². The molecule has 19 heavy (non-hydrogen) atoms. The van der Waals surface area contributed by atoms with E-state index in [1.165, 1.54) is 0 Å². The van der Waals surface area contributed by atoms with Crippen molar-refractivity contribution in [2.24, 2.45) is 5.92 Å². The van der Waals surface area contributed by atoms with Gasteiger partial charge in [0, 0.05) is 20.1 Å². The number of methoxy groups -OCH3 is 2. The van der Waals surface area contributed by atoms with Gasteiger partial charge < -0.3 is 14.6 Å². The van der Waals surface area contributed by atoms with Crippen LogP contribution in [0.1, 0.15) is 18.6 Å². The van der Waals surface area contributed by atoms with E-state index in [1.807, 2.05) is 49.4 Å². The van der Waals surface area contributed by atoms with E-state index in [0.29, 0.717) is 0 Å². The maximum atomic E-state index is 10.6. The summed E-state index contributed by atoms with van der Waals surface area (Å²) in [5.41, 5.74) is 0.907. The van der Waals surface area contributed by atoms with Crippen molar-refractivity contribution < 1.29 is 14.6 Å². The van der Waals surface area contributed by atoms with Gasteiger partial charge in [-0.3, -0.25) is 0 Å². The number of aliphatic hydroxyl groups excluding tert-OH is 1. The van der Waals surface area contributed by atoms with Gasteiger partial charge in [-0.15, -0.1) is 0 Å². The smallest absolute Gasteiger partial charge is 0.162 e. The molecule has 0 bridgehead atoms. The quantitative estimate of drug-likeness (QED) is 0.839. The molecule has 1 N–H and O–H groups in total. The first-order chi connectivity index (χ1) is 9.19. The van der Waals surface area contributed by atoms with E-state index in [2.05, 4.69) is 0 Å². The molecule has 0 heterocycles. The lowest BCUT2D eigenvalue weighted by Crippen LogP contribution is -2.27. The number of benzene rings is 2. The predicted octanol–water partition coefficient (Wildman–Crippen LogP) is 3.13. The van der Waals surface area contributed by atoms with Gasteiger partial charge in [-0.2, -0.15) is 0 Å². The SMILES string of the molecule is COC(OC)[C@H](C)[C@H](O)c1cccc2ccccc12. The molecule has 102 valence electrons. The monoisotopic (exact) mass is 260 g/mol. The molecule has 0 aliphatic rings. The highest BCUT2D eigenvalue weighted by atomic mass is 16.7. The average molecular weight is 260 g/mol. The van der Waals surface area contributed by atoms with Crippen LogP contribution in [-0.4, -0.2) is 25.6 Å². The fourth-order valence-electron chi connectivity index (χ4n) is 2.47. The lowest BCUT2D eigenvalue weighted by atomic mass is 9.92. The van der Waals surface area contributed by atoms with E-state index in [-0.39, 0.29) is 5.92 Å². The Kier molecular flexibility index (Phi) is 4.53. The zero-order chi connectivity index (χ0) is 13.8. The molecular weight excluding hydrogens is 240 g/mol. The van der Waals surface area contributed by atoms with Crippen molar-refractivity contribution >= 4 is 10.8 Å². The second-order valence-corrected chi connectivity index (χ2v) is 4.71. The molecule has 0 amide bonds. The summed E-state index contributed by atoms with van der Waals surface area (Å²) in [5.74, 6) is -0.152. The van der Waals surface area contributed by atoms with E-state index >= 15 is 0 Å². The van der Waals surface area contributed by atoms with Crippen molar-refractivity contribution in [3.05, 3.63) is 48.0 Å². The highest BCUT2D eigenvalue weighted by Gasteiger charge is 2.26. The Bertz CT molecular complexity index is 529. The van der Waals surface area contributed by atoms with Gasteiger partial charge >= 0.3 is 0 Å². The number of fused-ring (bicyclic) bond motifs is 1. The Morgan fingerprint density at radius 3 is 2.26 bits per heavy atom. The zero-order valence-electron chi connectivity index (χ0n) is 11.5. The summed E-state index contributed by atoms with van der Waals surface area (Å²) in [5, 5.41) is 12.7. The van der Waals surface area contributed by atoms with Crippen LogP contribution in [0.25, 0.3) is 10.8 Å². The number of hydrogen-bond donors (Lipinski definition) is 1. The van der Waals surface area contributed by atoms with Crippen molar-refractivity contribution in [1.82, 2.24) is 0 Å². The number of ether oxygens (including phenoxy) is 2. The van der Waals surface area contributed by atoms with Crippen molar-refractivity contribution in [3.63, 3.8) is 0 Å². The molecule has 3 heteroatoms. The maximum Gasteiger partial charge on any atom is 0.162 e. The van der Waals surface area contributed by atoms with E-state index < -0.39 is 12.4 Å². The molecule has 0 saturated carbocycles. The minimum Gasteiger partial charge on any atom is -0.388 e. The molecule has 0 unspecified atom stereocenters. The van der Waals surface area contributed by atoms with Crippen LogP contribution < -0.4 is 0 Å². The fraction of sp³-hybridized carbons (Fsp3) is 0.375. The number of hydrogen-bond acceptors (Lipinski definition) is 3. The van der Waals surface area contributed by atoms with Crippen LogP contribution in [0.5, 0.6) is 0 Å². The molecule has 0 radical (unpaired) electrons. The minimum absolute atomic E-state index is 0.152. The van der Waals surface area contributed by atoms with Crippen LogP contribution in [0, 0.1) is 5.92 Å². The summed E-state index contributed by atoms with van der Waals surface area (Å²) in [6, 6.07) is 14.0. The molecule has 0 saturated heterocycles. The third-order valence-electron chi connectivity index (χ3n) is 3.53. The third kappa shape index (κ3) is 2.78. The van der Waals surface area contributed by atoms with Crippen LogP contribution in [-0.2, 0) is 9.47 Å². The largest absolute Gasteiger partial charge is 0.388 e. The van der Waals surface area contributed by atoms with E-state index in [1.54, 1.807) is 14.2 Å². The Labute approximate surface area is 113 Å². The second kappa shape index (κ2) is 6.15. The van der Waals surface area contributed by atoms with Crippen molar-refractivity contribution in [2.75, 3.05) is 14.2 Å². The molecule has 0 fully saturated rings. The van der Waals surface area contributed by atoms with Crippen LogP contribution in [0.15, 0.2) is 42.5 Å². The lowest BCUT2D eigenvalue weighted by molar-refractivity contribution is -0.156. The topological polar surface area (TPSA) is 38.7 Å². The highest BCUT2D eigenvalue weighted by molar-refractivity contribution is 5.85. The average Bonchev–Trinajstić information content (AvgIpc) is 2.47. The first-order valence-electron chi connectivity index (χ1n) is 6.40. The van der Waals surface area contributed by atoms with Crippen molar-refractivity contribution in [2.45, 2.75) is 19.3 Å². The first kappa shape index (κ1) is 14.0. The Morgan fingerprint density at radius 2 is 1.58 bits per heavy atom. The number of aliphatic hydroxyl groups is 1. The molecule has 0 aromatic heterocycles. The molecule has 0 spiro atoms. The van der Waals surface area contributed by atoms with Gasteiger partial charge in [-0.1, -0.05) is 49.4 Å². The van der Waals surface area contributed by atoms with Gasteiger partial charge in [0.15, 0.2) is 6.29 Å². The summed E-state index contributed by atoms with van der Waals surface area (Å²) >= 11 is 0. The Morgan fingerprint density at radius 1 is 0.947 bits per heavy atom. The van der Waals surface area contributed by atoms with Crippen molar-refractivity contribution in [1.29, 1.82) is 0 Å². The Hall–Kier alpha value is -1.42. The molecule has 3 nitrogen and oxygen atoms in total. The normalized spacial score (nSPS) is 14.8. The van der Waals surface area contributed by atoms with Crippen LogP contribution >= 0.6 is 0 Å². The minimum atomic E-state index is -0.629. The molecule has 2 aromatic carbocycles. The van der Waals surface area contributed by atoms with Gasteiger partial charge in [0.05, 0.1) is 6.10 Å². The zero-order valence-corrected chi connectivity index (χ0v) is 11.5. The summed E-state index contributed by atoms with van der Waals surface area (Å²) in [7, 11) is 3.17. The highest BCUT2D eigenvalue weighted by Crippen LogP contribution is 2.31. The molecule has 2 rings (SSSR count). The van der Waals surface area contributed by atoms with Gasteiger partial charge in [-0.25, -0.2) is 0 Å². The Balaban J connectivity index is 2.38. The van der Waals surface area contributed by atoms with Gasteiger partial charge in [0.2, 0.25) is 0 Å². The third-order valence-corrected chi connectivity index (χ3v) is 3.53. The summed E-state index contributed by atoms with van der Waals surface area (Å²) < 4.78 is 10.5. The first-order valence-corrected chi connectivity index (χ1v) is 6.40. The molecule has 2 atom stereocenters.